The third-order valence-corrected chi connectivity index (χ3v) is 5.46. The average Bonchev–Trinajstić information content (AvgIpc) is 3.25. The zero-order chi connectivity index (χ0) is 21.8. The minimum absolute atomic E-state index is 0.0883. The van der Waals surface area contributed by atoms with Crippen molar-refractivity contribution in [2.24, 2.45) is 0 Å². The van der Waals surface area contributed by atoms with Crippen molar-refractivity contribution in [3.05, 3.63) is 94.7 Å². The zero-order valence-corrected chi connectivity index (χ0v) is 16.7. The van der Waals surface area contributed by atoms with E-state index in [9.17, 15) is 18.0 Å². The molecule has 2 heterocycles. The minimum atomic E-state index is -4.07. The predicted molar refractivity (Wildman–Crippen MR) is 110 cm³/mol. The van der Waals surface area contributed by atoms with Crippen molar-refractivity contribution in [3.63, 3.8) is 0 Å². The summed E-state index contributed by atoms with van der Waals surface area (Å²) in [5.41, 5.74) is 1.80. The van der Waals surface area contributed by atoms with E-state index in [0.717, 1.165) is 0 Å². The molecule has 0 bridgehead atoms. The Morgan fingerprint density at radius 2 is 1.74 bits per heavy atom. The Labute approximate surface area is 176 Å². The van der Waals surface area contributed by atoms with Crippen LogP contribution in [0, 0.1) is 0 Å². The highest BCUT2D eigenvalue weighted by Crippen LogP contribution is 2.18. The fourth-order valence-electron chi connectivity index (χ4n) is 2.70. The van der Waals surface area contributed by atoms with Crippen molar-refractivity contribution < 1.29 is 26.8 Å². The largest absolute Gasteiger partial charge is 0.486 e. The number of hydrogen-bond acceptors (Lipinski definition) is 7. The highest BCUT2D eigenvalue weighted by molar-refractivity contribution is 7.89. The summed E-state index contributed by atoms with van der Waals surface area (Å²) in [4.78, 5) is 25.4. The summed E-state index contributed by atoms with van der Waals surface area (Å²) in [6, 6.07) is 18.6. The van der Waals surface area contributed by atoms with Crippen molar-refractivity contribution in [1.29, 1.82) is 0 Å². The quantitative estimate of drug-likeness (QED) is 0.334. The number of amides is 1. The Morgan fingerprint density at radius 3 is 2.55 bits per heavy atom. The summed E-state index contributed by atoms with van der Waals surface area (Å²) < 4.78 is 40.8. The van der Waals surface area contributed by atoms with Crippen LogP contribution in [0.15, 0.2) is 91.3 Å². The molecule has 4 rings (SSSR count). The highest BCUT2D eigenvalue weighted by atomic mass is 32.2. The number of benzene rings is 2. The van der Waals surface area contributed by atoms with Crippen LogP contribution in [0.4, 0.5) is 0 Å². The standard InChI is InChI=1S/C21H16N2O7S/c24-20-11-6-14-12-17(8-10-18(14)30-20)31(26,27)23-22-21(25)19-9-7-16(29-19)13-28-15-4-2-1-3-5-15/h1-12,23H,13H2,(H,22,25). The summed E-state index contributed by atoms with van der Waals surface area (Å²) in [6.45, 7) is 0.107. The van der Waals surface area contributed by atoms with Crippen LogP contribution in [-0.2, 0) is 16.6 Å². The monoisotopic (exact) mass is 440 g/mol. The highest BCUT2D eigenvalue weighted by Gasteiger charge is 2.18. The summed E-state index contributed by atoms with van der Waals surface area (Å²) in [6.07, 6.45) is 0. The first kappa shape index (κ1) is 20.4. The maximum absolute atomic E-state index is 12.5. The number of hydrogen-bond donors (Lipinski definition) is 2. The van der Waals surface area contributed by atoms with Crippen LogP contribution in [-0.4, -0.2) is 14.3 Å². The van der Waals surface area contributed by atoms with Gasteiger partial charge in [-0.05, 0) is 48.5 Å². The number of sulfonamides is 1. The molecular formula is C21H16N2O7S. The molecule has 0 atom stereocenters. The van der Waals surface area contributed by atoms with Gasteiger partial charge in [-0.3, -0.25) is 10.2 Å². The van der Waals surface area contributed by atoms with Gasteiger partial charge in [-0.2, -0.15) is 0 Å². The first-order valence-corrected chi connectivity index (χ1v) is 10.5. The average molecular weight is 440 g/mol. The number of rotatable bonds is 7. The zero-order valence-electron chi connectivity index (χ0n) is 15.9. The molecule has 0 aliphatic rings. The van der Waals surface area contributed by atoms with E-state index in [1.54, 1.807) is 18.2 Å². The van der Waals surface area contributed by atoms with E-state index in [1.165, 1.54) is 36.4 Å². The number of nitrogens with one attached hydrogen (secondary N) is 2. The van der Waals surface area contributed by atoms with Crippen LogP contribution >= 0.6 is 0 Å². The predicted octanol–water partition coefficient (Wildman–Crippen LogP) is 2.59. The van der Waals surface area contributed by atoms with Gasteiger partial charge >= 0.3 is 11.5 Å². The molecule has 10 heteroatoms. The molecule has 2 aromatic heterocycles. The van der Waals surface area contributed by atoms with E-state index in [1.807, 2.05) is 23.0 Å². The summed E-state index contributed by atoms with van der Waals surface area (Å²) in [5, 5.41) is 0.419. The van der Waals surface area contributed by atoms with Gasteiger partial charge in [0.05, 0.1) is 4.90 Å². The maximum Gasteiger partial charge on any atom is 0.336 e. The van der Waals surface area contributed by atoms with Crippen molar-refractivity contribution in [1.82, 2.24) is 10.3 Å². The van der Waals surface area contributed by atoms with Gasteiger partial charge in [-0.1, -0.05) is 18.2 Å². The molecule has 31 heavy (non-hydrogen) atoms. The molecule has 0 radical (unpaired) electrons. The molecule has 4 aromatic rings. The van der Waals surface area contributed by atoms with Crippen LogP contribution in [0.25, 0.3) is 11.0 Å². The van der Waals surface area contributed by atoms with Crippen molar-refractivity contribution in [2.45, 2.75) is 11.5 Å². The molecule has 2 N–H and O–H groups in total. The van der Waals surface area contributed by atoms with Gasteiger partial charge in [0.15, 0.2) is 5.76 Å². The molecule has 0 fully saturated rings. The van der Waals surface area contributed by atoms with Gasteiger partial charge in [0.25, 0.3) is 10.0 Å². The second-order valence-electron chi connectivity index (χ2n) is 6.38. The van der Waals surface area contributed by atoms with Gasteiger partial charge in [-0.15, -0.1) is 4.83 Å². The number of hydrazine groups is 1. The van der Waals surface area contributed by atoms with Gasteiger partial charge < -0.3 is 13.6 Å². The Balaban J connectivity index is 1.39. The van der Waals surface area contributed by atoms with Gasteiger partial charge in [0.2, 0.25) is 0 Å². The van der Waals surface area contributed by atoms with E-state index in [4.69, 9.17) is 13.6 Å². The van der Waals surface area contributed by atoms with Crippen molar-refractivity contribution in [3.8, 4) is 5.75 Å². The molecule has 2 aromatic carbocycles. The van der Waals surface area contributed by atoms with Crippen molar-refractivity contribution in [2.75, 3.05) is 0 Å². The summed E-state index contributed by atoms with van der Waals surface area (Å²) in [5.74, 6) is 0.177. The smallest absolute Gasteiger partial charge is 0.336 e. The second kappa shape index (κ2) is 8.46. The fraction of sp³-hybridized carbons (Fsp3) is 0.0476. The molecule has 1 amide bonds. The number of carbonyl (C=O) groups is 1. The number of furan rings is 1. The molecular weight excluding hydrogens is 424 g/mol. The normalized spacial score (nSPS) is 11.4. The van der Waals surface area contributed by atoms with Gasteiger partial charge in [-0.25, -0.2) is 13.2 Å². The Hall–Kier alpha value is -3.89. The molecule has 0 saturated heterocycles. The molecule has 0 spiro atoms. The van der Waals surface area contributed by atoms with E-state index in [-0.39, 0.29) is 22.8 Å². The topological polar surface area (TPSA) is 128 Å². The minimum Gasteiger partial charge on any atom is -0.486 e. The summed E-state index contributed by atoms with van der Waals surface area (Å²) >= 11 is 0. The fourth-order valence-corrected chi connectivity index (χ4v) is 3.57. The van der Waals surface area contributed by atoms with Crippen LogP contribution in [0.5, 0.6) is 5.75 Å². The molecule has 0 saturated carbocycles. The van der Waals surface area contributed by atoms with E-state index in [0.29, 0.717) is 16.9 Å². The second-order valence-corrected chi connectivity index (χ2v) is 8.06. The molecule has 9 nitrogen and oxygen atoms in total. The molecule has 0 aliphatic carbocycles. The summed E-state index contributed by atoms with van der Waals surface area (Å²) in [7, 11) is -4.07. The first-order chi connectivity index (χ1) is 14.9. The van der Waals surface area contributed by atoms with Crippen molar-refractivity contribution >= 4 is 26.9 Å². The van der Waals surface area contributed by atoms with E-state index in [2.05, 4.69) is 5.43 Å². The number of para-hydroxylation sites is 1. The lowest BCUT2D eigenvalue weighted by atomic mass is 10.2. The Bertz CT molecular complexity index is 1390. The van der Waals surface area contributed by atoms with Gasteiger partial charge in [0.1, 0.15) is 23.7 Å². The lowest BCUT2D eigenvalue weighted by molar-refractivity contribution is 0.0913. The van der Waals surface area contributed by atoms with Crippen LogP contribution in [0.2, 0.25) is 0 Å². The Kier molecular flexibility index (Phi) is 5.56. The van der Waals surface area contributed by atoms with E-state index < -0.39 is 21.6 Å². The Morgan fingerprint density at radius 1 is 0.935 bits per heavy atom. The van der Waals surface area contributed by atoms with Gasteiger partial charge in [0, 0.05) is 11.5 Å². The first-order valence-electron chi connectivity index (χ1n) is 9.03. The third-order valence-electron chi connectivity index (χ3n) is 4.21. The maximum atomic E-state index is 12.5. The SMILES string of the molecule is O=C(NNS(=O)(=O)c1ccc2oc(=O)ccc2c1)c1ccc(COc2ccccc2)o1. The van der Waals surface area contributed by atoms with Crippen LogP contribution in [0.3, 0.4) is 0 Å². The lowest BCUT2D eigenvalue weighted by Crippen LogP contribution is -2.41. The number of ether oxygens (including phenoxy) is 1. The number of carbonyl (C=O) groups excluding carboxylic acids is 1. The lowest BCUT2D eigenvalue weighted by Gasteiger charge is -2.08. The van der Waals surface area contributed by atoms with E-state index >= 15 is 0 Å². The molecule has 0 unspecified atom stereocenters. The van der Waals surface area contributed by atoms with Crippen LogP contribution < -0.4 is 20.6 Å². The molecule has 0 aliphatic heterocycles. The molecule has 158 valence electrons. The number of fused-ring (bicyclic) bond motifs is 1. The van der Waals surface area contributed by atoms with Crippen LogP contribution in [0.1, 0.15) is 16.3 Å². The third kappa shape index (κ3) is 4.82.